The number of nitrogens with one attached hydrogen (secondary N) is 2. The molecule has 0 amide bonds. The lowest BCUT2D eigenvalue weighted by Gasteiger charge is -2.11. The normalized spacial score (nSPS) is 12.1. The van der Waals surface area contributed by atoms with E-state index in [4.69, 9.17) is 16.3 Å². The Kier molecular flexibility index (Phi) is 9.35. The summed E-state index contributed by atoms with van der Waals surface area (Å²) in [6.07, 6.45) is 1.09. The van der Waals surface area contributed by atoms with Crippen LogP contribution in [0.2, 0.25) is 5.02 Å². The smallest absolute Gasteiger partial charge is 0.240 e. The van der Waals surface area contributed by atoms with Gasteiger partial charge in [0, 0.05) is 22.5 Å². The van der Waals surface area contributed by atoms with Crippen LogP contribution in [0.4, 0.5) is 0 Å². The Morgan fingerprint density at radius 2 is 1.60 bits per heavy atom. The van der Waals surface area contributed by atoms with E-state index in [1.165, 1.54) is 12.1 Å². The van der Waals surface area contributed by atoms with Crippen molar-refractivity contribution in [2.45, 2.75) is 31.6 Å². The number of aromatic amines is 1. The number of benzene rings is 3. The average Bonchev–Trinajstić information content (AvgIpc) is 3.28. The molecule has 0 saturated heterocycles. The van der Waals surface area contributed by atoms with E-state index in [0.29, 0.717) is 30.2 Å². The molecule has 1 heterocycles. The lowest BCUT2D eigenvalue weighted by Crippen LogP contribution is -2.31. The molecule has 4 rings (SSSR count). The van der Waals surface area contributed by atoms with Gasteiger partial charge in [-0.05, 0) is 73.7 Å². The molecule has 0 bridgehead atoms. The van der Waals surface area contributed by atoms with Crippen molar-refractivity contribution in [2.75, 3.05) is 24.7 Å². The molecule has 0 saturated carbocycles. The summed E-state index contributed by atoms with van der Waals surface area (Å²) in [5, 5.41) is 1.55. The summed E-state index contributed by atoms with van der Waals surface area (Å²) in [6, 6.07) is 18.8. The molecule has 8 nitrogen and oxygen atoms in total. The van der Waals surface area contributed by atoms with E-state index < -0.39 is 37.1 Å². The number of sulfonamides is 1. The van der Waals surface area contributed by atoms with Crippen LogP contribution in [0, 0.1) is 13.8 Å². The van der Waals surface area contributed by atoms with Crippen LogP contribution in [0.3, 0.4) is 0 Å². The van der Waals surface area contributed by atoms with E-state index in [1.807, 2.05) is 50.2 Å². The van der Waals surface area contributed by atoms with Crippen LogP contribution in [0.15, 0.2) is 71.6 Å². The summed E-state index contributed by atoms with van der Waals surface area (Å²) in [5.41, 5.74) is 3.56. The summed E-state index contributed by atoms with van der Waals surface area (Å²) in [7, 11) is -7.74. The Bertz CT molecular complexity index is 1710. The highest BCUT2D eigenvalue weighted by Gasteiger charge is 2.24. The van der Waals surface area contributed by atoms with E-state index in [2.05, 4.69) is 9.71 Å². The first-order valence-corrected chi connectivity index (χ1v) is 16.4. The monoisotopic (exact) mass is 602 g/mol. The number of Topliss-reactive ketones (excluding diaryl/α,β-unsaturated/α-hetero) is 1. The number of ether oxygens (including phenoxy) is 1. The zero-order valence-corrected chi connectivity index (χ0v) is 24.6. The number of halogens is 1. The van der Waals surface area contributed by atoms with E-state index >= 15 is 0 Å². The van der Waals surface area contributed by atoms with E-state index in [-0.39, 0.29) is 17.1 Å². The van der Waals surface area contributed by atoms with Gasteiger partial charge in [-0.2, -0.15) is 0 Å². The minimum absolute atomic E-state index is 0.0384. The minimum Gasteiger partial charge on any atom is -0.494 e. The first kappa shape index (κ1) is 29.8. The summed E-state index contributed by atoms with van der Waals surface area (Å²) in [5.74, 6) is -1.10. The number of aromatic nitrogens is 1. The number of sulfone groups is 1. The van der Waals surface area contributed by atoms with Crippen LogP contribution in [-0.4, -0.2) is 52.3 Å². The van der Waals surface area contributed by atoms with Gasteiger partial charge < -0.3 is 9.72 Å². The van der Waals surface area contributed by atoms with Crippen LogP contribution in [0.25, 0.3) is 10.9 Å². The van der Waals surface area contributed by atoms with Crippen molar-refractivity contribution in [3.63, 3.8) is 0 Å². The van der Waals surface area contributed by atoms with Crippen molar-refractivity contribution in [3.8, 4) is 5.75 Å². The fourth-order valence-electron chi connectivity index (χ4n) is 4.48. The molecule has 1 aromatic heterocycles. The molecule has 0 fully saturated rings. The molecule has 0 spiro atoms. The van der Waals surface area contributed by atoms with Gasteiger partial charge in [-0.1, -0.05) is 48.0 Å². The lowest BCUT2D eigenvalue weighted by molar-refractivity contribution is 0.101. The van der Waals surface area contributed by atoms with Gasteiger partial charge in [0.25, 0.3) is 0 Å². The Morgan fingerprint density at radius 1 is 0.950 bits per heavy atom. The molecule has 11 heteroatoms. The second kappa shape index (κ2) is 12.6. The molecule has 3 aromatic carbocycles. The molecule has 2 N–H and O–H groups in total. The number of hydrogen-bond donors (Lipinski definition) is 2. The first-order valence-electron chi connectivity index (χ1n) is 12.7. The van der Waals surface area contributed by atoms with Crippen LogP contribution in [0.1, 0.15) is 33.6 Å². The van der Waals surface area contributed by atoms with Gasteiger partial charge >= 0.3 is 0 Å². The number of ketones is 1. The number of fused-ring (bicyclic) bond motifs is 1. The maximum Gasteiger partial charge on any atom is 0.240 e. The highest BCUT2D eigenvalue weighted by atomic mass is 35.5. The van der Waals surface area contributed by atoms with Gasteiger partial charge in [-0.25, -0.2) is 21.6 Å². The predicted octanol–water partition coefficient (Wildman–Crippen LogP) is 5.03. The number of aryl methyl sites for hydroxylation is 3. The highest BCUT2D eigenvalue weighted by molar-refractivity contribution is 7.92. The molecule has 0 aliphatic carbocycles. The fraction of sp³-hybridized carbons (Fsp3) is 0.276. The fourth-order valence-corrected chi connectivity index (χ4v) is 6.88. The SMILES string of the molecule is Cc1cc(OCCCc2c(C(=O)CS(=O)(=O)CCNS(=O)(=O)c3ccccc3)[nH]c3ccccc23)cc(C)c1Cl. The summed E-state index contributed by atoms with van der Waals surface area (Å²) in [4.78, 5) is 16.3. The van der Waals surface area contributed by atoms with Crippen LogP contribution < -0.4 is 9.46 Å². The second-order valence-electron chi connectivity index (χ2n) is 9.57. The van der Waals surface area contributed by atoms with Crippen LogP contribution in [-0.2, 0) is 26.3 Å². The number of carbonyl (C=O) groups is 1. The van der Waals surface area contributed by atoms with Crippen LogP contribution >= 0.6 is 11.6 Å². The van der Waals surface area contributed by atoms with Crippen molar-refractivity contribution in [3.05, 3.63) is 94.1 Å². The molecular weight excluding hydrogens is 572 g/mol. The molecule has 0 aliphatic heterocycles. The Hall–Kier alpha value is -3.18. The average molecular weight is 603 g/mol. The van der Waals surface area contributed by atoms with Gasteiger partial charge in [0.15, 0.2) is 15.6 Å². The van der Waals surface area contributed by atoms with E-state index in [1.54, 1.807) is 18.2 Å². The van der Waals surface area contributed by atoms with E-state index in [0.717, 1.165) is 27.6 Å². The molecule has 0 atom stereocenters. The second-order valence-corrected chi connectivity index (χ2v) is 13.9. The lowest BCUT2D eigenvalue weighted by atomic mass is 10.0. The molecule has 0 radical (unpaired) electrons. The van der Waals surface area contributed by atoms with Gasteiger partial charge in [0.2, 0.25) is 10.0 Å². The maximum atomic E-state index is 13.2. The largest absolute Gasteiger partial charge is 0.494 e. The Balaban J connectivity index is 1.41. The quantitative estimate of drug-likeness (QED) is 0.164. The molecule has 4 aromatic rings. The van der Waals surface area contributed by atoms with Crippen molar-refractivity contribution in [1.82, 2.24) is 9.71 Å². The molecule has 212 valence electrons. The van der Waals surface area contributed by atoms with E-state index in [9.17, 15) is 21.6 Å². The molecule has 0 aliphatic rings. The third kappa shape index (κ3) is 7.31. The molecular formula is C29H31ClN2O6S2. The van der Waals surface area contributed by atoms with Gasteiger partial charge in [0.1, 0.15) is 11.5 Å². The number of rotatable bonds is 13. The summed E-state index contributed by atoms with van der Waals surface area (Å²) >= 11 is 6.24. The van der Waals surface area contributed by atoms with Crippen molar-refractivity contribution in [2.24, 2.45) is 0 Å². The highest BCUT2D eigenvalue weighted by Crippen LogP contribution is 2.27. The van der Waals surface area contributed by atoms with Gasteiger partial charge in [-0.15, -0.1) is 0 Å². The minimum atomic E-state index is -3.89. The molecule has 0 unspecified atom stereocenters. The number of para-hydroxylation sites is 1. The van der Waals surface area contributed by atoms with Gasteiger partial charge in [0.05, 0.1) is 22.9 Å². The first-order chi connectivity index (χ1) is 19.0. The van der Waals surface area contributed by atoms with Crippen molar-refractivity contribution >= 4 is 48.1 Å². The van der Waals surface area contributed by atoms with Crippen LogP contribution in [0.5, 0.6) is 5.75 Å². The number of H-pyrrole nitrogens is 1. The third-order valence-electron chi connectivity index (χ3n) is 6.45. The maximum absolute atomic E-state index is 13.2. The van der Waals surface area contributed by atoms with Crippen molar-refractivity contribution in [1.29, 1.82) is 0 Å². The third-order valence-corrected chi connectivity index (χ3v) is 10.1. The topological polar surface area (TPSA) is 122 Å². The number of carbonyl (C=O) groups excluding carboxylic acids is 1. The van der Waals surface area contributed by atoms with Crippen molar-refractivity contribution < 1.29 is 26.4 Å². The summed E-state index contributed by atoms with van der Waals surface area (Å²) in [6.45, 7) is 3.89. The zero-order valence-electron chi connectivity index (χ0n) is 22.2. The Morgan fingerprint density at radius 3 is 2.30 bits per heavy atom. The predicted molar refractivity (Wildman–Crippen MR) is 158 cm³/mol. The molecule has 40 heavy (non-hydrogen) atoms. The number of hydrogen-bond acceptors (Lipinski definition) is 6. The summed E-state index contributed by atoms with van der Waals surface area (Å²) < 4.78 is 58.5. The zero-order chi connectivity index (χ0) is 28.9. The standard InChI is InChI=1S/C29H31ClN2O6S2/c1-20-17-22(18-21(2)28(20)30)38-15-8-12-25-24-11-6-7-13-26(24)32-29(25)27(33)19-39(34,35)16-14-31-40(36,37)23-9-4-3-5-10-23/h3-7,9-11,13,17-18,31-32H,8,12,14-16,19H2,1-2H3. The Labute approximate surface area is 239 Å². The van der Waals surface area contributed by atoms with Gasteiger partial charge in [-0.3, -0.25) is 4.79 Å².